The molecule has 1 heterocycles. The summed E-state index contributed by atoms with van der Waals surface area (Å²) in [5.41, 5.74) is 0.395. The first kappa shape index (κ1) is 11.2. The average molecular weight is 245 g/mol. The van der Waals surface area contributed by atoms with Crippen LogP contribution in [0.4, 0.5) is 8.78 Å². The van der Waals surface area contributed by atoms with Gasteiger partial charge in [-0.15, -0.1) is 11.3 Å². The van der Waals surface area contributed by atoms with E-state index in [1.165, 1.54) is 12.1 Å². The Bertz CT molecular complexity index is 505. The third-order valence-corrected chi connectivity index (χ3v) is 2.96. The lowest BCUT2D eigenvalue weighted by atomic mass is 9.94. The summed E-state index contributed by atoms with van der Waals surface area (Å²) >= 11 is 0.905. The number of ether oxygens (including phenoxy) is 1. The van der Waals surface area contributed by atoms with Crippen molar-refractivity contribution in [3.63, 3.8) is 0 Å². The van der Waals surface area contributed by atoms with Gasteiger partial charge >= 0.3 is 13.7 Å². The van der Waals surface area contributed by atoms with Crippen molar-refractivity contribution in [2.45, 2.75) is 6.61 Å². The average Bonchev–Trinajstić information content (AvgIpc) is 2.61. The van der Waals surface area contributed by atoms with Gasteiger partial charge in [0, 0.05) is 0 Å². The minimum atomic E-state index is -2.92. The second-order valence-electron chi connectivity index (χ2n) is 2.91. The van der Waals surface area contributed by atoms with Crippen molar-refractivity contribution in [1.29, 1.82) is 0 Å². The van der Waals surface area contributed by atoms with Crippen LogP contribution in [-0.4, -0.2) is 28.8 Å². The maximum atomic E-state index is 12.1. The van der Waals surface area contributed by atoms with Crippen LogP contribution in [0.2, 0.25) is 0 Å². The summed E-state index contributed by atoms with van der Waals surface area (Å²) in [6.07, 6.45) is 0. The SMILES string of the molecule is OB(O)c1nc2cccc(OC(F)F)c2s1. The number of hydrogen-bond donors (Lipinski definition) is 2. The smallest absolute Gasteiger partial charge is 0.433 e. The maximum Gasteiger partial charge on any atom is 0.519 e. The molecule has 0 aliphatic rings. The quantitative estimate of drug-likeness (QED) is 0.776. The molecule has 16 heavy (non-hydrogen) atoms. The number of fused-ring (bicyclic) bond motifs is 1. The minimum Gasteiger partial charge on any atom is -0.433 e. The molecule has 4 nitrogen and oxygen atoms in total. The highest BCUT2D eigenvalue weighted by Gasteiger charge is 2.19. The van der Waals surface area contributed by atoms with Crippen LogP contribution in [0, 0.1) is 0 Å². The van der Waals surface area contributed by atoms with E-state index in [0.717, 1.165) is 11.3 Å². The molecule has 0 atom stereocenters. The second-order valence-corrected chi connectivity index (χ2v) is 3.94. The summed E-state index contributed by atoms with van der Waals surface area (Å²) in [6.45, 7) is -2.92. The number of thiazole rings is 1. The van der Waals surface area contributed by atoms with Crippen molar-refractivity contribution in [3.05, 3.63) is 18.2 Å². The van der Waals surface area contributed by atoms with Crippen LogP contribution in [0.3, 0.4) is 0 Å². The van der Waals surface area contributed by atoms with E-state index in [1.54, 1.807) is 6.07 Å². The third-order valence-electron chi connectivity index (χ3n) is 1.83. The highest BCUT2D eigenvalue weighted by atomic mass is 32.1. The molecule has 2 aromatic rings. The van der Waals surface area contributed by atoms with Crippen LogP contribution in [0.25, 0.3) is 10.2 Å². The topological polar surface area (TPSA) is 62.6 Å². The molecule has 8 heteroatoms. The van der Waals surface area contributed by atoms with E-state index in [-0.39, 0.29) is 10.7 Å². The van der Waals surface area contributed by atoms with E-state index in [0.29, 0.717) is 10.2 Å². The predicted octanol–water partition coefficient (Wildman–Crippen LogP) is 0.577. The molecule has 0 spiro atoms. The van der Waals surface area contributed by atoms with E-state index in [2.05, 4.69) is 9.72 Å². The number of benzene rings is 1. The Morgan fingerprint density at radius 1 is 1.38 bits per heavy atom. The Hall–Kier alpha value is -1.25. The minimum absolute atomic E-state index is 0.0168. The number of nitrogens with zero attached hydrogens (tertiary/aromatic N) is 1. The zero-order valence-corrected chi connectivity index (χ0v) is 8.62. The van der Waals surface area contributed by atoms with Crippen molar-refractivity contribution >= 4 is 33.6 Å². The Balaban J connectivity index is 2.50. The molecule has 84 valence electrons. The first-order valence-electron chi connectivity index (χ1n) is 4.28. The fourth-order valence-electron chi connectivity index (χ4n) is 1.24. The lowest BCUT2D eigenvalue weighted by Crippen LogP contribution is -2.28. The summed E-state index contributed by atoms with van der Waals surface area (Å²) in [5, 5.41) is 17.8. The third kappa shape index (κ3) is 2.13. The second kappa shape index (κ2) is 4.32. The molecule has 0 aliphatic heterocycles. The molecule has 0 unspecified atom stereocenters. The molecule has 0 saturated carbocycles. The van der Waals surface area contributed by atoms with Gasteiger partial charge < -0.3 is 14.8 Å². The number of hydrogen-bond acceptors (Lipinski definition) is 5. The normalized spacial score (nSPS) is 11.1. The number of aromatic nitrogens is 1. The van der Waals surface area contributed by atoms with Crippen molar-refractivity contribution < 1.29 is 23.6 Å². The van der Waals surface area contributed by atoms with Gasteiger partial charge in [-0.05, 0) is 12.1 Å². The van der Waals surface area contributed by atoms with E-state index in [4.69, 9.17) is 10.0 Å². The predicted molar refractivity (Wildman–Crippen MR) is 56.1 cm³/mol. The van der Waals surface area contributed by atoms with E-state index < -0.39 is 13.7 Å². The molecule has 1 aromatic heterocycles. The number of rotatable bonds is 3. The van der Waals surface area contributed by atoms with Crippen molar-refractivity contribution in [2.75, 3.05) is 0 Å². The largest absolute Gasteiger partial charge is 0.519 e. The first-order chi connectivity index (χ1) is 7.58. The van der Waals surface area contributed by atoms with Crippen LogP contribution < -0.4 is 9.64 Å². The Kier molecular flexibility index (Phi) is 3.04. The highest BCUT2D eigenvalue weighted by molar-refractivity contribution is 7.27. The highest BCUT2D eigenvalue weighted by Crippen LogP contribution is 2.28. The van der Waals surface area contributed by atoms with E-state index >= 15 is 0 Å². The molecular weight excluding hydrogens is 239 g/mol. The van der Waals surface area contributed by atoms with Gasteiger partial charge in [-0.3, -0.25) is 0 Å². The Labute approximate surface area is 93.3 Å². The lowest BCUT2D eigenvalue weighted by Gasteiger charge is -2.03. The van der Waals surface area contributed by atoms with Gasteiger partial charge in [0.25, 0.3) is 0 Å². The number of halogens is 2. The molecule has 0 amide bonds. The van der Waals surface area contributed by atoms with Crippen LogP contribution in [-0.2, 0) is 0 Å². The lowest BCUT2D eigenvalue weighted by molar-refractivity contribution is -0.0486. The monoisotopic (exact) mass is 245 g/mol. The van der Waals surface area contributed by atoms with Crippen molar-refractivity contribution in [3.8, 4) is 5.75 Å². The molecule has 0 aliphatic carbocycles. The van der Waals surface area contributed by atoms with Gasteiger partial charge in [-0.2, -0.15) is 8.78 Å². The fourth-order valence-corrected chi connectivity index (χ4v) is 2.13. The van der Waals surface area contributed by atoms with E-state index in [1.807, 2.05) is 0 Å². The van der Waals surface area contributed by atoms with E-state index in [9.17, 15) is 8.78 Å². The summed E-state index contributed by atoms with van der Waals surface area (Å²) in [6, 6.07) is 4.46. The molecule has 2 N–H and O–H groups in total. The molecule has 0 saturated heterocycles. The molecule has 2 rings (SSSR count). The van der Waals surface area contributed by atoms with Crippen LogP contribution in [0.15, 0.2) is 18.2 Å². The van der Waals surface area contributed by atoms with Crippen molar-refractivity contribution in [2.24, 2.45) is 0 Å². The summed E-state index contributed by atoms with van der Waals surface area (Å²) < 4.78 is 28.8. The van der Waals surface area contributed by atoms with Gasteiger partial charge in [-0.25, -0.2) is 4.98 Å². The van der Waals surface area contributed by atoms with Gasteiger partial charge in [0.2, 0.25) is 0 Å². The molecule has 0 fully saturated rings. The Morgan fingerprint density at radius 2 is 2.12 bits per heavy atom. The summed E-state index contributed by atoms with van der Waals surface area (Å²) in [5.74, 6) is -0.0168. The van der Waals surface area contributed by atoms with Crippen LogP contribution in [0.1, 0.15) is 0 Å². The summed E-state index contributed by atoms with van der Waals surface area (Å²) in [4.78, 5) is 3.92. The van der Waals surface area contributed by atoms with Gasteiger partial charge in [0.1, 0.15) is 10.7 Å². The zero-order valence-electron chi connectivity index (χ0n) is 7.80. The van der Waals surface area contributed by atoms with Gasteiger partial charge in [0.05, 0.1) is 10.2 Å². The van der Waals surface area contributed by atoms with Crippen LogP contribution >= 0.6 is 11.3 Å². The summed E-state index contributed by atoms with van der Waals surface area (Å²) in [7, 11) is -1.71. The Morgan fingerprint density at radius 3 is 2.75 bits per heavy atom. The maximum absolute atomic E-state index is 12.1. The van der Waals surface area contributed by atoms with Gasteiger partial charge in [-0.1, -0.05) is 6.07 Å². The molecular formula is C8H6BF2NO3S. The zero-order chi connectivity index (χ0) is 11.7. The van der Waals surface area contributed by atoms with Crippen molar-refractivity contribution in [1.82, 2.24) is 4.98 Å². The van der Waals surface area contributed by atoms with Gasteiger partial charge in [0.15, 0.2) is 0 Å². The molecule has 0 bridgehead atoms. The number of alkyl halides is 2. The van der Waals surface area contributed by atoms with Crippen LogP contribution in [0.5, 0.6) is 5.75 Å². The fraction of sp³-hybridized carbons (Fsp3) is 0.125. The molecule has 0 radical (unpaired) electrons. The molecule has 1 aromatic carbocycles. The first-order valence-corrected chi connectivity index (χ1v) is 5.10. The standard InChI is InChI=1S/C8H6BF2NO3S/c10-8(11)15-5-3-1-2-4-6(5)16-7(12-4)9(13)14/h1-3,8,13-14H.